The third kappa shape index (κ3) is 5.00. The molecule has 0 saturated carbocycles. The van der Waals surface area contributed by atoms with Crippen LogP contribution in [0.15, 0.2) is 39.6 Å². The number of furan rings is 1. The van der Waals surface area contributed by atoms with Crippen LogP contribution in [-0.2, 0) is 14.8 Å². The van der Waals surface area contributed by atoms with Gasteiger partial charge in [0.1, 0.15) is 17.2 Å². The maximum absolute atomic E-state index is 12.9. The van der Waals surface area contributed by atoms with Crippen LogP contribution in [0.25, 0.3) is 0 Å². The van der Waals surface area contributed by atoms with E-state index < -0.39 is 14.9 Å². The summed E-state index contributed by atoms with van der Waals surface area (Å²) in [6, 6.07) is 7.27. The fourth-order valence-corrected chi connectivity index (χ4v) is 5.09. The van der Waals surface area contributed by atoms with Gasteiger partial charge in [0.2, 0.25) is 10.0 Å². The number of sulfonamides is 1. The van der Waals surface area contributed by atoms with E-state index in [-0.39, 0.29) is 22.3 Å². The van der Waals surface area contributed by atoms with Crippen molar-refractivity contribution in [1.82, 2.24) is 4.31 Å². The zero-order chi connectivity index (χ0) is 21.7. The molecular formula is C20H27N3O6S. The first-order chi connectivity index (χ1) is 14.3. The Kier molecular flexibility index (Phi) is 7.11. The van der Waals surface area contributed by atoms with Crippen LogP contribution in [0.1, 0.15) is 43.2 Å². The maximum atomic E-state index is 12.9. The maximum Gasteiger partial charge on any atom is 0.293 e. The van der Waals surface area contributed by atoms with E-state index >= 15 is 0 Å². The molecule has 0 spiro atoms. The van der Waals surface area contributed by atoms with Crippen molar-refractivity contribution in [3.63, 3.8) is 0 Å². The number of anilines is 1. The summed E-state index contributed by atoms with van der Waals surface area (Å²) >= 11 is 0. The number of hydrogen-bond donors (Lipinski definition) is 1. The van der Waals surface area contributed by atoms with E-state index in [2.05, 4.69) is 5.32 Å². The standard InChI is InChI=1S/C20H27N3O6S/c1-15-6-9-20(29-15)18(10-13-28-2)21-17-8-7-16(14-19(17)23(24)25)30(26,27)22-11-4-3-5-12-22/h6-9,14,18,21H,3-5,10-13H2,1-2H3/t18-/m0/s1. The quantitative estimate of drug-likeness (QED) is 0.468. The number of rotatable bonds is 9. The molecule has 1 N–H and O–H groups in total. The molecule has 30 heavy (non-hydrogen) atoms. The topological polar surface area (TPSA) is 115 Å². The van der Waals surface area contributed by atoms with Crippen LogP contribution >= 0.6 is 0 Å². The summed E-state index contributed by atoms with van der Waals surface area (Å²) in [5, 5.41) is 14.9. The van der Waals surface area contributed by atoms with Gasteiger partial charge in [0.15, 0.2) is 0 Å². The number of nitrogens with zero attached hydrogens (tertiary/aromatic N) is 2. The average molecular weight is 438 g/mol. The fraction of sp³-hybridized carbons (Fsp3) is 0.500. The first-order valence-corrected chi connectivity index (χ1v) is 11.4. The second-order valence-electron chi connectivity index (χ2n) is 7.33. The van der Waals surface area contributed by atoms with Crippen LogP contribution in [0.5, 0.6) is 0 Å². The Morgan fingerprint density at radius 1 is 1.23 bits per heavy atom. The van der Waals surface area contributed by atoms with Crippen molar-refractivity contribution in [2.24, 2.45) is 0 Å². The Balaban J connectivity index is 1.91. The Labute approximate surface area is 176 Å². The lowest BCUT2D eigenvalue weighted by atomic mass is 10.1. The Hall–Kier alpha value is -2.43. The summed E-state index contributed by atoms with van der Waals surface area (Å²) in [5.41, 5.74) is -0.0634. The van der Waals surface area contributed by atoms with E-state index in [0.717, 1.165) is 31.1 Å². The van der Waals surface area contributed by atoms with Crippen molar-refractivity contribution < 1.29 is 22.5 Å². The van der Waals surface area contributed by atoms with Gasteiger partial charge < -0.3 is 14.5 Å². The highest BCUT2D eigenvalue weighted by atomic mass is 32.2. The number of nitro benzene ring substituents is 1. The van der Waals surface area contributed by atoms with Gasteiger partial charge in [-0.15, -0.1) is 0 Å². The second-order valence-corrected chi connectivity index (χ2v) is 9.27. The van der Waals surface area contributed by atoms with E-state index in [1.54, 1.807) is 7.11 Å². The molecule has 164 valence electrons. The molecule has 10 heteroatoms. The molecule has 3 rings (SSSR count). The van der Waals surface area contributed by atoms with Crippen LogP contribution in [0.3, 0.4) is 0 Å². The molecule has 2 heterocycles. The predicted octanol–water partition coefficient (Wildman–Crippen LogP) is 3.86. The smallest absolute Gasteiger partial charge is 0.293 e. The van der Waals surface area contributed by atoms with E-state index in [1.165, 1.54) is 16.4 Å². The first kappa shape index (κ1) is 22.3. The Bertz CT molecular complexity index is 982. The molecular weight excluding hydrogens is 410 g/mol. The van der Waals surface area contributed by atoms with Gasteiger partial charge in [0, 0.05) is 32.9 Å². The summed E-state index contributed by atoms with van der Waals surface area (Å²) in [6.07, 6.45) is 3.11. The average Bonchev–Trinajstić information content (AvgIpc) is 3.17. The zero-order valence-corrected chi connectivity index (χ0v) is 18.0. The van der Waals surface area contributed by atoms with Crippen LogP contribution in [0.2, 0.25) is 0 Å². The van der Waals surface area contributed by atoms with Gasteiger partial charge in [-0.1, -0.05) is 6.42 Å². The van der Waals surface area contributed by atoms with Gasteiger partial charge >= 0.3 is 0 Å². The summed E-state index contributed by atoms with van der Waals surface area (Å²) in [6.45, 7) is 3.12. The lowest BCUT2D eigenvalue weighted by Crippen LogP contribution is -2.35. The Morgan fingerprint density at radius 3 is 2.57 bits per heavy atom. The minimum Gasteiger partial charge on any atom is -0.464 e. The largest absolute Gasteiger partial charge is 0.464 e. The number of piperidine rings is 1. The third-order valence-electron chi connectivity index (χ3n) is 5.16. The van der Waals surface area contributed by atoms with Crippen LogP contribution in [0.4, 0.5) is 11.4 Å². The third-order valence-corrected chi connectivity index (χ3v) is 7.06. The molecule has 0 unspecified atom stereocenters. The van der Waals surface area contributed by atoms with Crippen molar-refractivity contribution in [1.29, 1.82) is 0 Å². The van der Waals surface area contributed by atoms with E-state index in [4.69, 9.17) is 9.15 Å². The zero-order valence-electron chi connectivity index (χ0n) is 17.2. The SMILES string of the molecule is COCC[C@H](Nc1ccc(S(=O)(=O)N2CCCCC2)cc1[N+](=O)[O-])c1ccc(C)o1. The number of aryl methyl sites for hydroxylation is 1. The van der Waals surface area contributed by atoms with Gasteiger partial charge in [-0.05, 0) is 50.5 Å². The number of methoxy groups -OCH3 is 1. The van der Waals surface area contributed by atoms with E-state index in [0.29, 0.717) is 31.9 Å². The van der Waals surface area contributed by atoms with Crippen LogP contribution in [-0.4, -0.2) is 44.5 Å². The van der Waals surface area contributed by atoms with Crippen molar-refractivity contribution in [3.05, 3.63) is 52.0 Å². The number of hydrogen-bond acceptors (Lipinski definition) is 7. The molecule has 1 aliphatic heterocycles. The molecule has 0 radical (unpaired) electrons. The normalized spacial score (nSPS) is 16.3. The van der Waals surface area contributed by atoms with Crippen molar-refractivity contribution in [2.75, 3.05) is 32.1 Å². The molecule has 1 saturated heterocycles. The van der Waals surface area contributed by atoms with Gasteiger partial charge in [0.25, 0.3) is 5.69 Å². The van der Waals surface area contributed by atoms with Crippen molar-refractivity contribution in [3.8, 4) is 0 Å². The van der Waals surface area contributed by atoms with E-state index in [1.807, 2.05) is 19.1 Å². The summed E-state index contributed by atoms with van der Waals surface area (Å²) in [5.74, 6) is 1.36. The Morgan fingerprint density at radius 2 is 1.97 bits per heavy atom. The predicted molar refractivity (Wildman–Crippen MR) is 112 cm³/mol. The number of benzene rings is 1. The van der Waals surface area contributed by atoms with Gasteiger partial charge in [-0.25, -0.2) is 8.42 Å². The monoisotopic (exact) mass is 437 g/mol. The van der Waals surface area contributed by atoms with Gasteiger partial charge in [-0.2, -0.15) is 4.31 Å². The molecule has 1 aliphatic rings. The molecule has 0 aliphatic carbocycles. The highest BCUT2D eigenvalue weighted by Crippen LogP contribution is 2.33. The second kappa shape index (κ2) is 9.59. The van der Waals surface area contributed by atoms with Crippen LogP contribution in [0, 0.1) is 17.0 Å². The lowest BCUT2D eigenvalue weighted by Gasteiger charge is -2.26. The number of nitro groups is 1. The molecule has 0 bridgehead atoms. The number of nitrogens with one attached hydrogen (secondary N) is 1. The lowest BCUT2D eigenvalue weighted by molar-refractivity contribution is -0.384. The first-order valence-electron chi connectivity index (χ1n) is 9.93. The molecule has 1 fully saturated rings. The highest BCUT2D eigenvalue weighted by molar-refractivity contribution is 7.89. The van der Waals surface area contributed by atoms with Crippen LogP contribution < -0.4 is 5.32 Å². The molecule has 2 aromatic rings. The molecule has 9 nitrogen and oxygen atoms in total. The summed E-state index contributed by atoms with van der Waals surface area (Å²) in [7, 11) is -2.19. The van der Waals surface area contributed by atoms with Gasteiger partial charge in [-0.3, -0.25) is 10.1 Å². The van der Waals surface area contributed by atoms with Crippen molar-refractivity contribution in [2.45, 2.75) is 43.5 Å². The van der Waals surface area contributed by atoms with E-state index in [9.17, 15) is 18.5 Å². The van der Waals surface area contributed by atoms with Crippen molar-refractivity contribution >= 4 is 21.4 Å². The molecule has 1 aromatic carbocycles. The minimum absolute atomic E-state index is 0.0658. The molecule has 0 amide bonds. The molecule has 1 atom stereocenters. The summed E-state index contributed by atoms with van der Waals surface area (Å²) < 4.78 is 38.1. The minimum atomic E-state index is -3.76. The fourth-order valence-electron chi connectivity index (χ4n) is 3.55. The highest BCUT2D eigenvalue weighted by Gasteiger charge is 2.29. The molecule has 1 aromatic heterocycles. The number of ether oxygens (including phenoxy) is 1. The summed E-state index contributed by atoms with van der Waals surface area (Å²) in [4.78, 5) is 11.1. The van der Waals surface area contributed by atoms with Gasteiger partial charge in [0.05, 0.1) is 15.9 Å².